The van der Waals surface area contributed by atoms with Gasteiger partial charge in [0.05, 0.1) is 18.5 Å². The van der Waals surface area contributed by atoms with Crippen molar-refractivity contribution in [1.82, 2.24) is 4.57 Å². The molecule has 1 unspecified atom stereocenters. The number of carboxylic acid groups (broad SMARTS) is 1. The maximum Gasteiger partial charge on any atom is 0.311 e. The van der Waals surface area contributed by atoms with E-state index >= 15 is 0 Å². The van der Waals surface area contributed by atoms with Crippen LogP contribution in [0, 0.1) is 6.92 Å². The highest BCUT2D eigenvalue weighted by Gasteiger charge is 2.29. The fourth-order valence-electron chi connectivity index (χ4n) is 4.97. The molecule has 2 aromatic carbocycles. The van der Waals surface area contributed by atoms with Crippen molar-refractivity contribution in [3.05, 3.63) is 99.3 Å². The number of carbonyl (C=O) groups excluding carboxylic acids is 1. The van der Waals surface area contributed by atoms with Crippen molar-refractivity contribution in [2.24, 2.45) is 0 Å². The SMILES string of the molecule is COc1ccc2c(c1)c(C(CC=C(C)CCC=C(C)CCC=C(C)C)C(=O)O)c(C)n2C(=O)c1ccc(Cl)cc1. The van der Waals surface area contributed by atoms with Gasteiger partial charge in [-0.2, -0.15) is 0 Å². The number of fused-ring (bicyclic) bond motifs is 1. The summed E-state index contributed by atoms with van der Waals surface area (Å²) in [6.07, 6.45) is 10.8. The van der Waals surface area contributed by atoms with E-state index in [4.69, 9.17) is 16.3 Å². The molecule has 0 aliphatic heterocycles. The molecule has 0 fully saturated rings. The van der Waals surface area contributed by atoms with Crippen LogP contribution in [0.25, 0.3) is 10.9 Å². The molecule has 0 saturated carbocycles. The van der Waals surface area contributed by atoms with E-state index in [0.717, 1.165) is 31.3 Å². The van der Waals surface area contributed by atoms with E-state index < -0.39 is 11.9 Å². The van der Waals surface area contributed by atoms with Crippen LogP contribution in [0.3, 0.4) is 0 Å². The second kappa shape index (κ2) is 14.2. The van der Waals surface area contributed by atoms with Gasteiger partial charge >= 0.3 is 5.97 Å². The molecule has 1 N–H and O–H groups in total. The average Bonchev–Trinajstić information content (AvgIpc) is 3.19. The van der Waals surface area contributed by atoms with Crippen molar-refractivity contribution in [3.8, 4) is 5.75 Å². The first-order valence-corrected chi connectivity index (χ1v) is 14.1. The Morgan fingerprint density at radius 3 is 2.17 bits per heavy atom. The zero-order valence-corrected chi connectivity index (χ0v) is 25.1. The number of nitrogens with zero attached hydrogens (tertiary/aromatic N) is 1. The van der Waals surface area contributed by atoms with Crippen molar-refractivity contribution >= 4 is 34.4 Å². The van der Waals surface area contributed by atoms with Crippen LogP contribution in [0.15, 0.2) is 77.4 Å². The maximum absolute atomic E-state index is 13.6. The number of hydrogen-bond donors (Lipinski definition) is 1. The van der Waals surface area contributed by atoms with E-state index in [1.807, 2.05) is 25.1 Å². The highest BCUT2D eigenvalue weighted by molar-refractivity contribution is 6.30. The molecule has 6 heteroatoms. The summed E-state index contributed by atoms with van der Waals surface area (Å²) in [6.45, 7) is 10.3. The van der Waals surface area contributed by atoms with Crippen LogP contribution in [-0.4, -0.2) is 28.7 Å². The molecule has 40 heavy (non-hydrogen) atoms. The minimum absolute atomic E-state index is 0.238. The van der Waals surface area contributed by atoms with Crippen molar-refractivity contribution in [3.63, 3.8) is 0 Å². The number of aliphatic carboxylic acids is 1. The van der Waals surface area contributed by atoms with Gasteiger partial charge in [-0.05, 0) is 115 Å². The number of allylic oxidation sites excluding steroid dienone is 6. The summed E-state index contributed by atoms with van der Waals surface area (Å²) in [5.41, 5.74) is 6.21. The van der Waals surface area contributed by atoms with Crippen LogP contribution in [-0.2, 0) is 4.79 Å². The molecular weight excluding hydrogens is 522 g/mol. The normalized spacial score (nSPS) is 12.9. The molecule has 0 aliphatic rings. The van der Waals surface area contributed by atoms with Gasteiger partial charge in [0.25, 0.3) is 5.91 Å². The van der Waals surface area contributed by atoms with Crippen molar-refractivity contribution in [1.29, 1.82) is 0 Å². The average molecular weight is 562 g/mol. The third-order valence-corrected chi connectivity index (χ3v) is 7.48. The third kappa shape index (κ3) is 7.76. The van der Waals surface area contributed by atoms with Crippen molar-refractivity contribution in [2.75, 3.05) is 7.11 Å². The Kier molecular flexibility index (Phi) is 11.0. The highest BCUT2D eigenvalue weighted by Crippen LogP contribution is 2.37. The summed E-state index contributed by atoms with van der Waals surface area (Å²) in [5.74, 6) is -1.38. The number of carbonyl (C=O) groups is 2. The molecule has 212 valence electrons. The largest absolute Gasteiger partial charge is 0.497 e. The predicted molar refractivity (Wildman–Crippen MR) is 165 cm³/mol. The topological polar surface area (TPSA) is 68.5 Å². The Balaban J connectivity index is 1.91. The lowest BCUT2D eigenvalue weighted by Crippen LogP contribution is -2.16. The van der Waals surface area contributed by atoms with Crippen LogP contribution in [0.4, 0.5) is 0 Å². The summed E-state index contributed by atoms with van der Waals surface area (Å²) in [4.78, 5) is 26.2. The van der Waals surface area contributed by atoms with Gasteiger partial charge in [-0.3, -0.25) is 14.2 Å². The Morgan fingerprint density at radius 2 is 1.57 bits per heavy atom. The van der Waals surface area contributed by atoms with Gasteiger partial charge in [0.1, 0.15) is 5.75 Å². The van der Waals surface area contributed by atoms with Crippen LogP contribution in [0.1, 0.15) is 87.3 Å². The van der Waals surface area contributed by atoms with Crippen molar-refractivity contribution in [2.45, 2.75) is 72.6 Å². The first kappa shape index (κ1) is 31.0. The summed E-state index contributed by atoms with van der Waals surface area (Å²) >= 11 is 6.03. The molecule has 1 atom stereocenters. The van der Waals surface area contributed by atoms with E-state index in [1.165, 1.54) is 11.1 Å². The third-order valence-electron chi connectivity index (χ3n) is 7.23. The number of rotatable bonds is 12. The fraction of sp³-hybridized carbons (Fsp3) is 0.353. The fourth-order valence-corrected chi connectivity index (χ4v) is 5.10. The summed E-state index contributed by atoms with van der Waals surface area (Å²) < 4.78 is 7.05. The van der Waals surface area contributed by atoms with Gasteiger partial charge < -0.3 is 9.84 Å². The zero-order chi connectivity index (χ0) is 29.4. The van der Waals surface area contributed by atoms with E-state index in [9.17, 15) is 14.7 Å². The second-order valence-electron chi connectivity index (χ2n) is 10.6. The Morgan fingerprint density at radius 1 is 0.950 bits per heavy atom. The standard InChI is InChI=1S/C34H40ClNO4/c1-22(2)9-7-10-23(3)11-8-12-24(4)13-19-29(34(38)39)32-25(5)36(31-20-18-28(40-6)21-30(31)32)33(37)26-14-16-27(35)17-15-26/h9,11,13-18,20-21,29H,7-8,10,12,19H2,1-6H3,(H,38,39). The van der Waals surface area contributed by atoms with Crippen LogP contribution >= 0.6 is 11.6 Å². The number of hydrogen-bond acceptors (Lipinski definition) is 3. The minimum atomic E-state index is -0.928. The number of carboxylic acids is 1. The van der Waals surface area contributed by atoms with E-state index in [2.05, 4.69) is 39.8 Å². The molecule has 0 spiro atoms. The van der Waals surface area contributed by atoms with Gasteiger partial charge in [0.15, 0.2) is 0 Å². The highest BCUT2D eigenvalue weighted by atomic mass is 35.5. The lowest BCUT2D eigenvalue weighted by molar-refractivity contribution is -0.138. The first-order chi connectivity index (χ1) is 19.0. The van der Waals surface area contributed by atoms with Crippen LogP contribution in [0.5, 0.6) is 5.75 Å². The Labute approximate surface area is 242 Å². The van der Waals surface area contributed by atoms with E-state index in [1.54, 1.807) is 42.0 Å². The summed E-state index contributed by atoms with van der Waals surface area (Å²) in [5, 5.41) is 11.6. The van der Waals surface area contributed by atoms with E-state index in [-0.39, 0.29) is 5.91 Å². The smallest absolute Gasteiger partial charge is 0.311 e. The van der Waals surface area contributed by atoms with Gasteiger partial charge in [-0.15, -0.1) is 0 Å². The van der Waals surface area contributed by atoms with Crippen LogP contribution < -0.4 is 4.74 Å². The summed E-state index contributed by atoms with van der Waals surface area (Å²) in [6, 6.07) is 12.1. The molecule has 0 bridgehead atoms. The molecule has 0 aliphatic carbocycles. The predicted octanol–water partition coefficient (Wildman–Crippen LogP) is 9.28. The van der Waals surface area contributed by atoms with Gasteiger partial charge in [-0.1, -0.05) is 46.5 Å². The number of aromatic nitrogens is 1. The van der Waals surface area contributed by atoms with Gasteiger partial charge in [0, 0.05) is 21.7 Å². The molecule has 5 nitrogen and oxygen atoms in total. The molecular formula is C34H40ClNO4. The molecule has 0 radical (unpaired) electrons. The molecule has 3 rings (SSSR count). The molecule has 0 saturated heterocycles. The maximum atomic E-state index is 13.6. The number of ether oxygens (including phenoxy) is 1. The minimum Gasteiger partial charge on any atom is -0.497 e. The Bertz CT molecular complexity index is 1450. The molecule has 1 aromatic heterocycles. The molecule has 1 heterocycles. The first-order valence-electron chi connectivity index (χ1n) is 13.7. The van der Waals surface area contributed by atoms with Crippen molar-refractivity contribution < 1.29 is 19.4 Å². The summed E-state index contributed by atoms with van der Waals surface area (Å²) in [7, 11) is 1.57. The number of methoxy groups -OCH3 is 1. The monoisotopic (exact) mass is 561 g/mol. The van der Waals surface area contributed by atoms with Gasteiger partial charge in [-0.25, -0.2) is 0 Å². The lowest BCUT2D eigenvalue weighted by Gasteiger charge is -2.13. The van der Waals surface area contributed by atoms with Gasteiger partial charge in [0.2, 0.25) is 0 Å². The Hall–Kier alpha value is -3.57. The lowest BCUT2D eigenvalue weighted by atomic mass is 9.91. The van der Waals surface area contributed by atoms with Crippen LogP contribution in [0.2, 0.25) is 5.02 Å². The molecule has 0 amide bonds. The number of halogens is 1. The number of benzene rings is 2. The second-order valence-corrected chi connectivity index (χ2v) is 11.1. The molecule has 3 aromatic rings. The quantitative estimate of drug-likeness (QED) is 0.224. The van der Waals surface area contributed by atoms with E-state index in [0.29, 0.717) is 44.9 Å². The zero-order valence-electron chi connectivity index (χ0n) is 24.4.